The Kier molecular flexibility index (Phi) is 3.03. The molecular weight excluding hydrogens is 292 g/mol. The molecule has 0 radical (unpaired) electrons. The average molecular weight is 310 g/mol. The number of carbonyl (C=O) groups is 2. The van der Waals surface area contributed by atoms with Crippen molar-refractivity contribution in [2.75, 3.05) is 0 Å². The normalized spacial score (nSPS) is 35.3. The van der Waals surface area contributed by atoms with Crippen molar-refractivity contribution in [2.24, 2.45) is 10.9 Å². The van der Waals surface area contributed by atoms with E-state index < -0.39 is 17.6 Å². The molecule has 5 nitrogen and oxygen atoms in total. The van der Waals surface area contributed by atoms with Crippen LogP contribution in [0.1, 0.15) is 19.4 Å². The number of dihydropyridines is 1. The molecule has 2 saturated heterocycles. The lowest BCUT2D eigenvalue weighted by atomic mass is 9.85. The Labute approximate surface area is 134 Å². The highest BCUT2D eigenvalue weighted by Gasteiger charge is 2.63. The number of amides is 2. The SMILES string of the molecule is CC1=CC2(C)OC3C(=O)N(Cc4ccccc4)C(=O)C3C2N=C1. The Morgan fingerprint density at radius 2 is 1.96 bits per heavy atom. The van der Waals surface area contributed by atoms with Gasteiger partial charge in [-0.15, -0.1) is 0 Å². The van der Waals surface area contributed by atoms with E-state index in [0.717, 1.165) is 11.1 Å². The van der Waals surface area contributed by atoms with Gasteiger partial charge in [-0.3, -0.25) is 19.5 Å². The van der Waals surface area contributed by atoms with Gasteiger partial charge in [-0.05, 0) is 31.1 Å². The molecule has 4 rings (SSSR count). The van der Waals surface area contributed by atoms with Gasteiger partial charge in [0.1, 0.15) is 5.60 Å². The molecule has 3 aliphatic rings. The summed E-state index contributed by atoms with van der Waals surface area (Å²) in [5, 5.41) is 0. The van der Waals surface area contributed by atoms with Crippen molar-refractivity contribution in [3.8, 4) is 0 Å². The fraction of sp³-hybridized carbons (Fsp3) is 0.389. The summed E-state index contributed by atoms with van der Waals surface area (Å²) in [6.45, 7) is 4.13. The molecule has 0 spiro atoms. The molecule has 4 atom stereocenters. The Balaban J connectivity index is 1.63. The number of imide groups is 1. The Hall–Kier alpha value is -2.27. The van der Waals surface area contributed by atoms with Gasteiger partial charge in [0.15, 0.2) is 6.10 Å². The standard InChI is InChI=1S/C18H18N2O3/c1-11-8-18(2)15(19-9-11)13-14(23-18)17(22)20(16(13)21)10-12-6-4-3-5-7-12/h3-9,13-15H,10H2,1-2H3. The topological polar surface area (TPSA) is 59.0 Å². The summed E-state index contributed by atoms with van der Waals surface area (Å²) in [5.41, 5.74) is 1.25. The first-order valence-corrected chi connectivity index (χ1v) is 7.79. The van der Waals surface area contributed by atoms with Crippen molar-refractivity contribution in [1.82, 2.24) is 4.90 Å². The summed E-state index contributed by atoms with van der Waals surface area (Å²) >= 11 is 0. The average Bonchev–Trinajstić information content (AvgIpc) is 2.94. The number of aliphatic imine (C=N–C) groups is 1. The molecule has 0 aliphatic carbocycles. The van der Waals surface area contributed by atoms with E-state index in [1.807, 2.05) is 50.3 Å². The fourth-order valence-electron chi connectivity index (χ4n) is 3.82. The molecule has 0 aromatic heterocycles. The summed E-state index contributed by atoms with van der Waals surface area (Å²) in [5.74, 6) is -0.944. The number of likely N-dealkylation sites (tertiary alicyclic amines) is 1. The molecule has 4 unspecified atom stereocenters. The largest absolute Gasteiger partial charge is 0.355 e. The predicted octanol–water partition coefficient (Wildman–Crippen LogP) is 1.73. The third-order valence-electron chi connectivity index (χ3n) is 4.83. The van der Waals surface area contributed by atoms with Crippen LogP contribution in [0.2, 0.25) is 0 Å². The maximum Gasteiger partial charge on any atom is 0.259 e. The van der Waals surface area contributed by atoms with Crippen LogP contribution in [0.15, 0.2) is 47.0 Å². The van der Waals surface area contributed by atoms with E-state index in [1.54, 1.807) is 6.21 Å². The van der Waals surface area contributed by atoms with Crippen LogP contribution in [0.25, 0.3) is 0 Å². The summed E-state index contributed by atoms with van der Waals surface area (Å²) in [7, 11) is 0. The second-order valence-electron chi connectivity index (χ2n) is 6.61. The molecule has 1 aromatic rings. The van der Waals surface area contributed by atoms with Gasteiger partial charge < -0.3 is 4.74 Å². The van der Waals surface area contributed by atoms with Crippen LogP contribution in [0.5, 0.6) is 0 Å². The molecule has 1 aromatic carbocycles. The first kappa shape index (κ1) is 14.3. The van der Waals surface area contributed by atoms with E-state index in [9.17, 15) is 9.59 Å². The quantitative estimate of drug-likeness (QED) is 0.782. The zero-order chi connectivity index (χ0) is 16.2. The van der Waals surface area contributed by atoms with Crippen LogP contribution in [-0.4, -0.2) is 40.7 Å². The van der Waals surface area contributed by atoms with E-state index in [0.29, 0.717) is 0 Å². The van der Waals surface area contributed by atoms with Crippen LogP contribution in [0.3, 0.4) is 0 Å². The molecule has 118 valence electrons. The number of fused-ring (bicyclic) bond motifs is 3. The van der Waals surface area contributed by atoms with Crippen LogP contribution in [0, 0.1) is 5.92 Å². The molecule has 3 aliphatic heterocycles. The molecular formula is C18H18N2O3. The third-order valence-corrected chi connectivity index (χ3v) is 4.83. The molecule has 0 saturated carbocycles. The summed E-state index contributed by atoms with van der Waals surface area (Å²) in [6.07, 6.45) is 3.00. The minimum absolute atomic E-state index is 0.178. The van der Waals surface area contributed by atoms with E-state index in [4.69, 9.17) is 4.74 Å². The van der Waals surface area contributed by atoms with Crippen LogP contribution in [0.4, 0.5) is 0 Å². The second kappa shape index (κ2) is 4.86. The monoisotopic (exact) mass is 310 g/mol. The van der Waals surface area contributed by atoms with Crippen LogP contribution in [-0.2, 0) is 20.9 Å². The number of carbonyl (C=O) groups excluding carboxylic acids is 2. The first-order valence-electron chi connectivity index (χ1n) is 7.79. The number of rotatable bonds is 2. The number of hydrogen-bond acceptors (Lipinski definition) is 4. The van der Waals surface area contributed by atoms with Crippen molar-refractivity contribution in [2.45, 2.75) is 38.1 Å². The molecule has 2 fully saturated rings. The van der Waals surface area contributed by atoms with Gasteiger partial charge in [-0.2, -0.15) is 0 Å². The van der Waals surface area contributed by atoms with Crippen molar-refractivity contribution >= 4 is 18.0 Å². The minimum atomic E-state index is -0.722. The van der Waals surface area contributed by atoms with Gasteiger partial charge in [0, 0.05) is 6.21 Å². The number of allylic oxidation sites excluding steroid dienone is 1. The smallest absolute Gasteiger partial charge is 0.259 e. The minimum Gasteiger partial charge on any atom is -0.355 e. The van der Waals surface area contributed by atoms with E-state index in [2.05, 4.69) is 4.99 Å². The number of nitrogens with zero attached hydrogens (tertiary/aromatic N) is 2. The van der Waals surface area contributed by atoms with Crippen LogP contribution < -0.4 is 0 Å². The Morgan fingerprint density at radius 3 is 2.70 bits per heavy atom. The van der Waals surface area contributed by atoms with Gasteiger partial charge >= 0.3 is 0 Å². The number of hydrogen-bond donors (Lipinski definition) is 0. The van der Waals surface area contributed by atoms with Gasteiger partial charge in [-0.25, -0.2) is 0 Å². The maximum atomic E-state index is 12.8. The molecule has 0 bridgehead atoms. The maximum absolute atomic E-state index is 12.8. The lowest BCUT2D eigenvalue weighted by Crippen LogP contribution is -2.43. The van der Waals surface area contributed by atoms with Crippen molar-refractivity contribution in [3.05, 3.63) is 47.5 Å². The molecule has 23 heavy (non-hydrogen) atoms. The van der Waals surface area contributed by atoms with Gasteiger partial charge in [-0.1, -0.05) is 30.3 Å². The zero-order valence-electron chi connectivity index (χ0n) is 13.1. The molecule has 3 heterocycles. The van der Waals surface area contributed by atoms with Gasteiger partial charge in [0.2, 0.25) is 5.91 Å². The van der Waals surface area contributed by atoms with E-state index in [1.165, 1.54) is 4.90 Å². The summed E-state index contributed by atoms with van der Waals surface area (Å²) in [6, 6.07) is 9.19. The van der Waals surface area contributed by atoms with E-state index in [-0.39, 0.29) is 24.4 Å². The Bertz CT molecular complexity index is 740. The van der Waals surface area contributed by atoms with Gasteiger partial charge in [0.25, 0.3) is 5.91 Å². The van der Waals surface area contributed by atoms with Gasteiger partial charge in [0.05, 0.1) is 18.5 Å². The van der Waals surface area contributed by atoms with E-state index >= 15 is 0 Å². The van der Waals surface area contributed by atoms with Crippen LogP contribution >= 0.6 is 0 Å². The summed E-state index contributed by atoms with van der Waals surface area (Å²) < 4.78 is 6.00. The first-order chi connectivity index (χ1) is 11.0. The lowest BCUT2D eigenvalue weighted by molar-refractivity contribution is -0.146. The Morgan fingerprint density at radius 1 is 1.22 bits per heavy atom. The number of benzene rings is 1. The highest BCUT2D eigenvalue weighted by molar-refractivity contribution is 6.07. The zero-order valence-corrected chi connectivity index (χ0v) is 13.1. The van der Waals surface area contributed by atoms with Crippen molar-refractivity contribution < 1.29 is 14.3 Å². The fourth-order valence-corrected chi connectivity index (χ4v) is 3.82. The molecule has 0 N–H and O–H groups in total. The van der Waals surface area contributed by atoms with Crippen molar-refractivity contribution in [1.29, 1.82) is 0 Å². The number of ether oxygens (including phenoxy) is 1. The molecule has 5 heteroatoms. The molecule has 2 amide bonds. The highest BCUT2D eigenvalue weighted by atomic mass is 16.5. The second-order valence-corrected chi connectivity index (χ2v) is 6.61. The van der Waals surface area contributed by atoms with Crippen molar-refractivity contribution in [3.63, 3.8) is 0 Å². The summed E-state index contributed by atoms with van der Waals surface area (Å²) in [4.78, 5) is 31.3. The lowest BCUT2D eigenvalue weighted by Gasteiger charge is -2.30. The highest BCUT2D eigenvalue weighted by Crippen LogP contribution is 2.45. The predicted molar refractivity (Wildman–Crippen MR) is 84.8 cm³/mol. The third kappa shape index (κ3) is 2.07.